The van der Waals surface area contributed by atoms with Crippen molar-refractivity contribution in [2.24, 2.45) is 0 Å². The third kappa shape index (κ3) is 2.56. The first-order valence-electron chi connectivity index (χ1n) is 4.93. The molecular formula is C10H19N3O. The first-order chi connectivity index (χ1) is 6.60. The minimum Gasteiger partial charge on any atom is -0.368 e. The van der Waals surface area contributed by atoms with Crippen LogP contribution in [0.1, 0.15) is 32.3 Å². The van der Waals surface area contributed by atoms with E-state index in [1.807, 2.05) is 34.0 Å². The van der Waals surface area contributed by atoms with E-state index in [4.69, 9.17) is 4.74 Å². The molecule has 14 heavy (non-hydrogen) atoms. The predicted molar refractivity (Wildman–Crippen MR) is 56.0 cm³/mol. The lowest BCUT2D eigenvalue weighted by Crippen LogP contribution is -2.23. The Bertz CT molecular complexity index is 281. The standard InChI is InChI=1S/C10H19N3O/c1-5-14-10(2,3)9-12-7-8(13-9)6-11-4/h7,11H,5-6H2,1-4H3,(H,12,13). The molecule has 0 amide bonds. The fourth-order valence-electron chi connectivity index (χ4n) is 1.37. The minimum absolute atomic E-state index is 0.333. The molecular weight excluding hydrogens is 178 g/mol. The van der Waals surface area contributed by atoms with Gasteiger partial charge in [-0.1, -0.05) is 0 Å². The Balaban J connectivity index is 2.74. The Morgan fingerprint density at radius 1 is 1.57 bits per heavy atom. The van der Waals surface area contributed by atoms with Gasteiger partial charge in [-0.3, -0.25) is 0 Å². The average Bonchev–Trinajstić information content (AvgIpc) is 2.54. The van der Waals surface area contributed by atoms with Crippen molar-refractivity contribution in [1.82, 2.24) is 15.3 Å². The topological polar surface area (TPSA) is 49.9 Å². The number of aromatic nitrogens is 2. The fraction of sp³-hybridized carbons (Fsp3) is 0.700. The highest BCUT2D eigenvalue weighted by Crippen LogP contribution is 2.21. The van der Waals surface area contributed by atoms with Crippen LogP contribution in [0.2, 0.25) is 0 Å². The molecule has 4 nitrogen and oxygen atoms in total. The second kappa shape index (κ2) is 4.57. The number of aromatic amines is 1. The van der Waals surface area contributed by atoms with Crippen LogP contribution in [0.4, 0.5) is 0 Å². The van der Waals surface area contributed by atoms with Gasteiger partial charge in [-0.15, -0.1) is 0 Å². The van der Waals surface area contributed by atoms with Gasteiger partial charge in [0.15, 0.2) is 0 Å². The Labute approximate surface area is 85.1 Å². The van der Waals surface area contributed by atoms with Crippen LogP contribution in [0.3, 0.4) is 0 Å². The number of nitrogens with one attached hydrogen (secondary N) is 2. The summed E-state index contributed by atoms with van der Waals surface area (Å²) in [6.07, 6.45) is 1.84. The van der Waals surface area contributed by atoms with Crippen molar-refractivity contribution in [3.8, 4) is 0 Å². The lowest BCUT2D eigenvalue weighted by Gasteiger charge is -2.21. The Morgan fingerprint density at radius 2 is 2.29 bits per heavy atom. The number of hydrogen-bond acceptors (Lipinski definition) is 3. The second-order valence-corrected chi connectivity index (χ2v) is 3.73. The minimum atomic E-state index is -0.333. The fourth-order valence-corrected chi connectivity index (χ4v) is 1.37. The average molecular weight is 197 g/mol. The summed E-state index contributed by atoms with van der Waals surface area (Å²) in [6.45, 7) is 7.50. The molecule has 1 aromatic rings. The van der Waals surface area contributed by atoms with E-state index in [-0.39, 0.29) is 5.60 Å². The Hall–Kier alpha value is -0.870. The molecule has 0 aromatic carbocycles. The summed E-state index contributed by atoms with van der Waals surface area (Å²) in [7, 11) is 1.91. The van der Waals surface area contributed by atoms with E-state index in [2.05, 4.69) is 15.3 Å². The molecule has 0 spiro atoms. The van der Waals surface area contributed by atoms with Crippen molar-refractivity contribution in [2.75, 3.05) is 13.7 Å². The first kappa shape index (κ1) is 11.2. The molecule has 0 aliphatic heterocycles. The molecule has 0 bridgehead atoms. The van der Waals surface area contributed by atoms with Crippen molar-refractivity contribution in [1.29, 1.82) is 0 Å². The molecule has 0 aliphatic rings. The molecule has 1 rings (SSSR count). The zero-order chi connectivity index (χ0) is 10.6. The van der Waals surface area contributed by atoms with Gasteiger partial charge in [-0.05, 0) is 27.8 Å². The van der Waals surface area contributed by atoms with Crippen LogP contribution in [0.5, 0.6) is 0 Å². The lowest BCUT2D eigenvalue weighted by molar-refractivity contribution is -0.0202. The van der Waals surface area contributed by atoms with Gasteiger partial charge in [0, 0.05) is 25.0 Å². The van der Waals surface area contributed by atoms with Crippen LogP contribution in [-0.2, 0) is 16.9 Å². The molecule has 0 saturated heterocycles. The van der Waals surface area contributed by atoms with E-state index >= 15 is 0 Å². The van der Waals surface area contributed by atoms with Crippen LogP contribution >= 0.6 is 0 Å². The normalized spacial score (nSPS) is 12.0. The summed E-state index contributed by atoms with van der Waals surface area (Å²) < 4.78 is 5.59. The van der Waals surface area contributed by atoms with Crippen molar-refractivity contribution in [3.63, 3.8) is 0 Å². The van der Waals surface area contributed by atoms with Crippen LogP contribution in [-0.4, -0.2) is 23.6 Å². The quantitative estimate of drug-likeness (QED) is 0.750. The summed E-state index contributed by atoms with van der Waals surface area (Å²) >= 11 is 0. The van der Waals surface area contributed by atoms with Crippen molar-refractivity contribution >= 4 is 0 Å². The number of hydrogen-bond donors (Lipinski definition) is 2. The molecule has 0 aliphatic carbocycles. The van der Waals surface area contributed by atoms with Crippen molar-refractivity contribution in [3.05, 3.63) is 17.7 Å². The summed E-state index contributed by atoms with van der Waals surface area (Å²) in [6, 6.07) is 0. The molecule has 0 radical (unpaired) electrons. The van der Waals surface area contributed by atoms with Gasteiger partial charge in [0.2, 0.25) is 0 Å². The van der Waals surface area contributed by atoms with Gasteiger partial charge in [0.05, 0.1) is 0 Å². The van der Waals surface area contributed by atoms with Gasteiger partial charge in [-0.2, -0.15) is 0 Å². The van der Waals surface area contributed by atoms with Gasteiger partial charge >= 0.3 is 0 Å². The summed E-state index contributed by atoms with van der Waals surface area (Å²) in [5, 5.41) is 3.07. The van der Waals surface area contributed by atoms with Gasteiger partial charge < -0.3 is 15.0 Å². The molecule has 0 unspecified atom stereocenters. The number of rotatable bonds is 5. The smallest absolute Gasteiger partial charge is 0.138 e. The zero-order valence-corrected chi connectivity index (χ0v) is 9.35. The largest absolute Gasteiger partial charge is 0.368 e. The van der Waals surface area contributed by atoms with Crippen LogP contribution < -0.4 is 5.32 Å². The molecule has 0 atom stereocenters. The van der Waals surface area contributed by atoms with E-state index in [0.29, 0.717) is 6.61 Å². The number of imidazole rings is 1. The van der Waals surface area contributed by atoms with E-state index in [1.54, 1.807) is 0 Å². The third-order valence-corrected chi connectivity index (χ3v) is 2.07. The maximum atomic E-state index is 5.59. The van der Waals surface area contributed by atoms with Crippen molar-refractivity contribution in [2.45, 2.75) is 32.9 Å². The third-order valence-electron chi connectivity index (χ3n) is 2.07. The number of H-pyrrole nitrogens is 1. The van der Waals surface area contributed by atoms with E-state index in [0.717, 1.165) is 18.1 Å². The van der Waals surface area contributed by atoms with Gasteiger partial charge in [-0.25, -0.2) is 4.98 Å². The molecule has 0 saturated carbocycles. The summed E-state index contributed by atoms with van der Waals surface area (Å²) in [5.74, 6) is 0.879. The Morgan fingerprint density at radius 3 is 2.86 bits per heavy atom. The van der Waals surface area contributed by atoms with Gasteiger partial charge in [0.25, 0.3) is 0 Å². The highest BCUT2D eigenvalue weighted by atomic mass is 16.5. The highest BCUT2D eigenvalue weighted by molar-refractivity contribution is 5.06. The first-order valence-corrected chi connectivity index (χ1v) is 4.93. The molecule has 80 valence electrons. The van der Waals surface area contributed by atoms with Crippen molar-refractivity contribution < 1.29 is 4.74 Å². The van der Waals surface area contributed by atoms with E-state index in [1.165, 1.54) is 0 Å². The summed E-state index contributed by atoms with van der Waals surface area (Å²) in [4.78, 5) is 7.55. The maximum Gasteiger partial charge on any atom is 0.138 e. The highest BCUT2D eigenvalue weighted by Gasteiger charge is 2.23. The van der Waals surface area contributed by atoms with Gasteiger partial charge in [0.1, 0.15) is 11.4 Å². The molecule has 2 N–H and O–H groups in total. The molecule has 0 fully saturated rings. The number of ether oxygens (including phenoxy) is 1. The van der Waals surface area contributed by atoms with Crippen LogP contribution in [0.15, 0.2) is 6.20 Å². The molecule has 1 aromatic heterocycles. The monoisotopic (exact) mass is 197 g/mol. The summed E-state index contributed by atoms with van der Waals surface area (Å²) in [5.41, 5.74) is 0.746. The Kier molecular flexibility index (Phi) is 3.66. The number of nitrogens with zero attached hydrogens (tertiary/aromatic N) is 1. The van der Waals surface area contributed by atoms with E-state index in [9.17, 15) is 0 Å². The lowest BCUT2D eigenvalue weighted by atomic mass is 10.1. The maximum absolute atomic E-state index is 5.59. The molecule has 4 heteroatoms. The van der Waals surface area contributed by atoms with Crippen LogP contribution in [0.25, 0.3) is 0 Å². The van der Waals surface area contributed by atoms with E-state index < -0.39 is 0 Å². The van der Waals surface area contributed by atoms with Crippen LogP contribution in [0, 0.1) is 0 Å². The zero-order valence-electron chi connectivity index (χ0n) is 9.35. The second-order valence-electron chi connectivity index (χ2n) is 3.73. The SMILES string of the molecule is CCOC(C)(C)c1ncc(CNC)[nH]1. The predicted octanol–water partition coefficient (Wildman–Crippen LogP) is 1.40. The molecule has 1 heterocycles.